The van der Waals surface area contributed by atoms with E-state index in [4.69, 9.17) is 9.84 Å². The fourth-order valence-electron chi connectivity index (χ4n) is 1.82. The van der Waals surface area contributed by atoms with Crippen molar-refractivity contribution in [1.29, 1.82) is 0 Å². The molecule has 2 N–H and O–H groups in total. The molecule has 1 fully saturated rings. The molecule has 0 spiro atoms. The predicted octanol–water partition coefficient (Wildman–Crippen LogP) is 1.75. The standard InChI is InChI=1S/C13H15NO4S/c1-13(6-7-18-8-13)14-12(17)10-4-2-9(19-10)3-5-11(15)16/h2-5H,6-8H2,1H3,(H,14,17)(H,15,16)/b5-3+. The largest absolute Gasteiger partial charge is 0.478 e. The van der Waals surface area contributed by atoms with Crippen molar-refractivity contribution in [1.82, 2.24) is 5.32 Å². The molecule has 1 aromatic rings. The van der Waals surface area contributed by atoms with Crippen molar-refractivity contribution < 1.29 is 19.4 Å². The summed E-state index contributed by atoms with van der Waals surface area (Å²) in [4.78, 5) is 23.8. The number of thiophene rings is 1. The molecule has 6 heteroatoms. The highest BCUT2D eigenvalue weighted by molar-refractivity contribution is 7.14. The average Bonchev–Trinajstić information content (AvgIpc) is 2.95. The lowest BCUT2D eigenvalue weighted by Crippen LogP contribution is -2.46. The Bertz CT molecular complexity index is 514. The lowest BCUT2D eigenvalue weighted by Gasteiger charge is -2.22. The van der Waals surface area contributed by atoms with Gasteiger partial charge >= 0.3 is 5.97 Å². The molecule has 2 heterocycles. The van der Waals surface area contributed by atoms with Gasteiger partial charge < -0.3 is 15.2 Å². The Balaban J connectivity index is 2.02. The maximum Gasteiger partial charge on any atom is 0.328 e. The van der Waals surface area contributed by atoms with Crippen LogP contribution < -0.4 is 5.32 Å². The molecule has 1 amide bonds. The topological polar surface area (TPSA) is 75.6 Å². The molecule has 0 radical (unpaired) electrons. The van der Waals surface area contributed by atoms with E-state index in [1.165, 1.54) is 17.4 Å². The summed E-state index contributed by atoms with van der Waals surface area (Å²) in [5, 5.41) is 11.5. The smallest absolute Gasteiger partial charge is 0.328 e. The number of hydrogen-bond acceptors (Lipinski definition) is 4. The first kappa shape index (κ1) is 13.8. The molecule has 0 saturated carbocycles. The molecule has 19 heavy (non-hydrogen) atoms. The van der Waals surface area contributed by atoms with Crippen LogP contribution in [0.5, 0.6) is 0 Å². The highest BCUT2D eigenvalue weighted by atomic mass is 32.1. The van der Waals surface area contributed by atoms with Crippen LogP contribution in [0.2, 0.25) is 0 Å². The fraction of sp³-hybridized carbons (Fsp3) is 0.385. The number of aliphatic carboxylic acids is 1. The van der Waals surface area contributed by atoms with Gasteiger partial charge in [-0.2, -0.15) is 0 Å². The Kier molecular flexibility index (Phi) is 4.01. The minimum absolute atomic E-state index is 0.145. The van der Waals surface area contributed by atoms with E-state index >= 15 is 0 Å². The maximum absolute atomic E-state index is 12.1. The number of carbonyl (C=O) groups excluding carboxylic acids is 1. The summed E-state index contributed by atoms with van der Waals surface area (Å²) >= 11 is 1.26. The number of rotatable bonds is 4. The summed E-state index contributed by atoms with van der Waals surface area (Å²) in [6.45, 7) is 3.14. The van der Waals surface area contributed by atoms with Crippen LogP contribution in [0.3, 0.4) is 0 Å². The van der Waals surface area contributed by atoms with E-state index < -0.39 is 5.97 Å². The van der Waals surface area contributed by atoms with Gasteiger partial charge in [-0.25, -0.2) is 4.79 Å². The zero-order valence-electron chi connectivity index (χ0n) is 10.5. The number of ether oxygens (including phenoxy) is 1. The Hall–Kier alpha value is -1.66. The van der Waals surface area contributed by atoms with Crippen LogP contribution >= 0.6 is 11.3 Å². The first-order valence-corrected chi connectivity index (χ1v) is 6.71. The van der Waals surface area contributed by atoms with Gasteiger partial charge in [-0.05, 0) is 31.6 Å². The number of carboxylic acid groups (broad SMARTS) is 1. The number of hydrogen-bond donors (Lipinski definition) is 2. The monoisotopic (exact) mass is 281 g/mol. The zero-order valence-corrected chi connectivity index (χ0v) is 11.3. The molecule has 1 aromatic heterocycles. The molecule has 1 unspecified atom stereocenters. The van der Waals surface area contributed by atoms with Crippen LogP contribution in [0.15, 0.2) is 18.2 Å². The molecule has 0 aliphatic carbocycles. The SMILES string of the molecule is CC1(NC(=O)c2ccc(/C=C/C(=O)O)s2)CCOC1. The van der Waals surface area contributed by atoms with Crippen molar-refractivity contribution in [3.8, 4) is 0 Å². The van der Waals surface area contributed by atoms with Crippen LogP contribution in [0.4, 0.5) is 0 Å². The minimum Gasteiger partial charge on any atom is -0.478 e. The van der Waals surface area contributed by atoms with Gasteiger partial charge in [0, 0.05) is 17.6 Å². The third kappa shape index (κ3) is 3.65. The molecular formula is C13H15NO4S. The molecule has 1 aliphatic rings. The van der Waals surface area contributed by atoms with Gasteiger partial charge in [0.2, 0.25) is 0 Å². The lowest BCUT2D eigenvalue weighted by molar-refractivity contribution is -0.131. The van der Waals surface area contributed by atoms with Crippen molar-refractivity contribution >= 4 is 29.3 Å². The predicted molar refractivity (Wildman–Crippen MR) is 72.3 cm³/mol. The summed E-state index contributed by atoms with van der Waals surface area (Å²) < 4.78 is 5.28. The van der Waals surface area contributed by atoms with Gasteiger partial charge in [0.1, 0.15) is 0 Å². The highest BCUT2D eigenvalue weighted by Crippen LogP contribution is 2.21. The number of carboxylic acids is 1. The van der Waals surface area contributed by atoms with Crippen molar-refractivity contribution in [2.24, 2.45) is 0 Å². The molecular weight excluding hydrogens is 266 g/mol. The van der Waals surface area contributed by atoms with Gasteiger partial charge in [-0.3, -0.25) is 4.79 Å². The van der Waals surface area contributed by atoms with E-state index in [0.29, 0.717) is 18.1 Å². The minimum atomic E-state index is -1.00. The third-order valence-corrected chi connectivity index (χ3v) is 3.92. The van der Waals surface area contributed by atoms with E-state index in [1.807, 2.05) is 6.92 Å². The second-order valence-corrected chi connectivity index (χ2v) is 5.81. The molecule has 0 bridgehead atoms. The third-order valence-electron chi connectivity index (χ3n) is 2.87. The first-order chi connectivity index (χ1) is 8.98. The zero-order chi connectivity index (χ0) is 13.9. The summed E-state index contributed by atoms with van der Waals surface area (Å²) in [6, 6.07) is 3.42. The highest BCUT2D eigenvalue weighted by Gasteiger charge is 2.31. The fourth-order valence-corrected chi connectivity index (χ4v) is 2.63. The van der Waals surface area contributed by atoms with Crippen LogP contribution in [0.25, 0.3) is 6.08 Å². The summed E-state index contributed by atoms with van der Waals surface area (Å²) in [5.74, 6) is -1.15. The maximum atomic E-state index is 12.1. The molecule has 102 valence electrons. The molecule has 2 rings (SSSR count). The molecule has 1 atom stereocenters. The van der Waals surface area contributed by atoms with Crippen LogP contribution in [0.1, 0.15) is 27.9 Å². The number of nitrogens with one attached hydrogen (secondary N) is 1. The van der Waals surface area contributed by atoms with Gasteiger partial charge in [-0.15, -0.1) is 11.3 Å². The quantitative estimate of drug-likeness (QED) is 0.824. The van der Waals surface area contributed by atoms with E-state index in [2.05, 4.69) is 5.32 Å². The van der Waals surface area contributed by atoms with Crippen LogP contribution in [-0.4, -0.2) is 35.7 Å². The molecule has 1 saturated heterocycles. The van der Waals surface area contributed by atoms with Crippen LogP contribution in [0, 0.1) is 0 Å². The van der Waals surface area contributed by atoms with E-state index in [0.717, 1.165) is 17.4 Å². The number of amides is 1. The summed E-state index contributed by atoms with van der Waals surface area (Å²) in [5.41, 5.74) is -0.307. The second kappa shape index (κ2) is 5.54. The van der Waals surface area contributed by atoms with Gasteiger partial charge in [0.15, 0.2) is 0 Å². The Morgan fingerprint density at radius 1 is 1.53 bits per heavy atom. The van der Waals surface area contributed by atoms with Crippen molar-refractivity contribution in [3.63, 3.8) is 0 Å². The van der Waals surface area contributed by atoms with E-state index in [9.17, 15) is 9.59 Å². The van der Waals surface area contributed by atoms with Gasteiger partial charge in [0.05, 0.1) is 17.0 Å². The van der Waals surface area contributed by atoms with Crippen molar-refractivity contribution in [2.75, 3.05) is 13.2 Å². The van der Waals surface area contributed by atoms with Crippen molar-refractivity contribution in [3.05, 3.63) is 28.0 Å². The Morgan fingerprint density at radius 3 is 2.95 bits per heavy atom. The molecule has 1 aliphatic heterocycles. The second-order valence-electron chi connectivity index (χ2n) is 4.69. The average molecular weight is 281 g/mol. The summed E-state index contributed by atoms with van der Waals surface area (Å²) in [6.07, 6.45) is 3.33. The Labute approximate surface area is 114 Å². The summed E-state index contributed by atoms with van der Waals surface area (Å²) in [7, 11) is 0. The van der Waals surface area contributed by atoms with Crippen molar-refractivity contribution in [2.45, 2.75) is 18.9 Å². The lowest BCUT2D eigenvalue weighted by atomic mass is 10.0. The van der Waals surface area contributed by atoms with Gasteiger partial charge in [0.25, 0.3) is 5.91 Å². The Morgan fingerprint density at radius 2 is 2.32 bits per heavy atom. The van der Waals surface area contributed by atoms with E-state index in [-0.39, 0.29) is 11.4 Å². The van der Waals surface area contributed by atoms with Gasteiger partial charge in [-0.1, -0.05) is 0 Å². The first-order valence-electron chi connectivity index (χ1n) is 5.90. The normalized spacial score (nSPS) is 22.8. The number of carbonyl (C=O) groups is 2. The van der Waals surface area contributed by atoms with E-state index in [1.54, 1.807) is 12.1 Å². The molecule has 0 aromatic carbocycles. The van der Waals surface area contributed by atoms with Crippen LogP contribution in [-0.2, 0) is 9.53 Å². The molecule has 5 nitrogen and oxygen atoms in total.